The lowest BCUT2D eigenvalue weighted by atomic mass is 10.2. The van der Waals surface area contributed by atoms with Gasteiger partial charge in [-0.05, 0) is 24.2 Å². The molecule has 0 atom stereocenters. The molecule has 21 heavy (non-hydrogen) atoms. The first-order chi connectivity index (χ1) is 10.2. The Morgan fingerprint density at radius 1 is 1.43 bits per heavy atom. The number of nitrogens with one attached hydrogen (secondary N) is 2. The number of aryl methyl sites for hydroxylation is 1. The molecule has 0 spiro atoms. The molecule has 2 rings (SSSR count). The van der Waals surface area contributed by atoms with E-state index in [-0.39, 0.29) is 12.5 Å². The summed E-state index contributed by atoms with van der Waals surface area (Å²) in [6, 6.07) is 9.62. The van der Waals surface area contributed by atoms with Crippen molar-refractivity contribution >= 4 is 18.1 Å². The molecule has 1 heterocycles. The lowest BCUT2D eigenvalue weighted by Crippen LogP contribution is -2.28. The summed E-state index contributed by atoms with van der Waals surface area (Å²) >= 11 is 5.12. The first-order valence-corrected chi connectivity index (χ1v) is 7.20. The quantitative estimate of drug-likeness (QED) is 0.607. The molecule has 0 aliphatic carbocycles. The summed E-state index contributed by atoms with van der Waals surface area (Å²) in [4.78, 5) is 17.1. The molecule has 1 aromatic carbocycles. The Kier molecular flexibility index (Phi) is 5.65. The fourth-order valence-corrected chi connectivity index (χ4v) is 2.09. The van der Waals surface area contributed by atoms with Crippen LogP contribution in [0.25, 0.3) is 0 Å². The summed E-state index contributed by atoms with van der Waals surface area (Å²) in [6.45, 7) is 2.47. The van der Waals surface area contributed by atoms with Crippen LogP contribution >= 0.6 is 12.2 Å². The zero-order valence-electron chi connectivity index (χ0n) is 11.8. The topological polar surface area (TPSA) is 71.9 Å². The highest BCUT2D eigenvalue weighted by atomic mass is 32.1. The van der Waals surface area contributed by atoms with Crippen molar-refractivity contribution < 1.29 is 9.63 Å². The van der Waals surface area contributed by atoms with Gasteiger partial charge in [0, 0.05) is 6.42 Å². The molecule has 0 fully saturated rings. The summed E-state index contributed by atoms with van der Waals surface area (Å²) in [7, 11) is 0. The SMILES string of the molecule is CCCc1n[nH]c(=S)n1CC(=O)NOCc1ccccc1. The van der Waals surface area contributed by atoms with Gasteiger partial charge in [0.1, 0.15) is 12.4 Å². The third-order valence-electron chi connectivity index (χ3n) is 2.88. The van der Waals surface area contributed by atoms with E-state index in [4.69, 9.17) is 17.1 Å². The summed E-state index contributed by atoms with van der Waals surface area (Å²) in [5.41, 5.74) is 3.41. The standard InChI is InChI=1S/C14H18N4O2S/c1-2-6-12-15-16-14(21)18(12)9-13(19)17-20-10-11-7-4-3-5-8-11/h3-5,7-8H,2,6,9-10H2,1H3,(H,16,21)(H,17,19). The average Bonchev–Trinajstić information content (AvgIpc) is 2.82. The van der Waals surface area contributed by atoms with Crippen LogP contribution in [0.15, 0.2) is 30.3 Å². The normalized spacial score (nSPS) is 10.5. The van der Waals surface area contributed by atoms with E-state index in [2.05, 4.69) is 15.7 Å². The van der Waals surface area contributed by atoms with Gasteiger partial charge in [0.15, 0.2) is 4.77 Å². The maximum Gasteiger partial charge on any atom is 0.263 e. The Hall–Kier alpha value is -1.99. The minimum absolute atomic E-state index is 0.0967. The van der Waals surface area contributed by atoms with Crippen molar-refractivity contribution in [2.75, 3.05) is 0 Å². The third kappa shape index (κ3) is 4.51. The molecule has 6 nitrogen and oxygen atoms in total. The van der Waals surface area contributed by atoms with E-state index in [9.17, 15) is 4.79 Å². The highest BCUT2D eigenvalue weighted by Crippen LogP contribution is 2.02. The number of amides is 1. The van der Waals surface area contributed by atoms with E-state index >= 15 is 0 Å². The van der Waals surface area contributed by atoms with E-state index in [1.54, 1.807) is 4.57 Å². The largest absolute Gasteiger partial charge is 0.295 e. The van der Waals surface area contributed by atoms with Crippen LogP contribution < -0.4 is 5.48 Å². The smallest absolute Gasteiger partial charge is 0.263 e. The molecule has 0 aliphatic rings. The van der Waals surface area contributed by atoms with Crippen molar-refractivity contribution in [1.82, 2.24) is 20.2 Å². The van der Waals surface area contributed by atoms with Gasteiger partial charge in [-0.3, -0.25) is 19.3 Å². The summed E-state index contributed by atoms with van der Waals surface area (Å²) in [5.74, 6) is 0.515. The summed E-state index contributed by atoms with van der Waals surface area (Å²) in [6.07, 6.45) is 1.71. The fourth-order valence-electron chi connectivity index (χ4n) is 1.88. The second-order valence-corrected chi connectivity index (χ2v) is 4.97. The molecule has 0 saturated heterocycles. The Balaban J connectivity index is 1.85. The van der Waals surface area contributed by atoms with Gasteiger partial charge in [0.25, 0.3) is 5.91 Å². The van der Waals surface area contributed by atoms with Gasteiger partial charge in [-0.15, -0.1) is 0 Å². The van der Waals surface area contributed by atoms with Gasteiger partial charge in [0.05, 0.1) is 6.61 Å². The van der Waals surface area contributed by atoms with Gasteiger partial charge in [-0.2, -0.15) is 5.10 Å². The third-order valence-corrected chi connectivity index (χ3v) is 3.19. The van der Waals surface area contributed by atoms with Gasteiger partial charge in [-0.25, -0.2) is 5.48 Å². The van der Waals surface area contributed by atoms with E-state index in [1.165, 1.54) is 0 Å². The predicted molar refractivity (Wildman–Crippen MR) is 80.8 cm³/mol. The number of hydrogen-bond acceptors (Lipinski definition) is 4. The maximum absolute atomic E-state index is 11.9. The van der Waals surface area contributed by atoms with Crippen LogP contribution in [0.1, 0.15) is 24.7 Å². The molecule has 7 heteroatoms. The van der Waals surface area contributed by atoms with Crippen LogP contribution in [0.2, 0.25) is 0 Å². The van der Waals surface area contributed by atoms with Crippen LogP contribution in [0.5, 0.6) is 0 Å². The average molecular weight is 306 g/mol. The number of benzene rings is 1. The van der Waals surface area contributed by atoms with Crippen molar-refractivity contribution in [1.29, 1.82) is 0 Å². The van der Waals surface area contributed by atoms with E-state index in [0.717, 1.165) is 24.2 Å². The number of aromatic amines is 1. The second kappa shape index (κ2) is 7.70. The van der Waals surface area contributed by atoms with Gasteiger partial charge < -0.3 is 0 Å². The Morgan fingerprint density at radius 2 is 2.19 bits per heavy atom. The lowest BCUT2D eigenvalue weighted by molar-refractivity contribution is -0.135. The molecule has 0 aliphatic heterocycles. The van der Waals surface area contributed by atoms with Crippen LogP contribution in [0, 0.1) is 4.77 Å². The second-order valence-electron chi connectivity index (χ2n) is 4.58. The number of aromatic nitrogens is 3. The highest BCUT2D eigenvalue weighted by Gasteiger charge is 2.09. The number of hydrogen-bond donors (Lipinski definition) is 2. The van der Waals surface area contributed by atoms with Crippen molar-refractivity contribution in [2.24, 2.45) is 0 Å². The van der Waals surface area contributed by atoms with Crippen molar-refractivity contribution in [3.8, 4) is 0 Å². The van der Waals surface area contributed by atoms with E-state index in [1.807, 2.05) is 37.3 Å². The predicted octanol–water partition coefficient (Wildman–Crippen LogP) is 2.14. The summed E-state index contributed by atoms with van der Waals surface area (Å²) < 4.78 is 2.12. The van der Waals surface area contributed by atoms with Crippen molar-refractivity contribution in [3.05, 3.63) is 46.5 Å². The number of carbonyl (C=O) groups is 1. The number of carbonyl (C=O) groups excluding carboxylic acids is 1. The molecule has 0 radical (unpaired) electrons. The lowest BCUT2D eigenvalue weighted by Gasteiger charge is -2.08. The molecule has 0 saturated carbocycles. The zero-order chi connectivity index (χ0) is 15.1. The van der Waals surface area contributed by atoms with Crippen LogP contribution in [-0.2, 0) is 29.2 Å². The van der Waals surface area contributed by atoms with E-state index in [0.29, 0.717) is 11.4 Å². The number of H-pyrrole nitrogens is 1. The number of rotatable bonds is 7. The number of hydroxylamine groups is 1. The zero-order valence-corrected chi connectivity index (χ0v) is 12.7. The Bertz CT molecular complexity index is 636. The van der Waals surface area contributed by atoms with Crippen molar-refractivity contribution in [2.45, 2.75) is 32.9 Å². The molecule has 1 amide bonds. The van der Waals surface area contributed by atoms with Crippen LogP contribution in [-0.4, -0.2) is 20.7 Å². The maximum atomic E-state index is 11.9. The van der Waals surface area contributed by atoms with Crippen molar-refractivity contribution in [3.63, 3.8) is 0 Å². The molecule has 1 aromatic heterocycles. The minimum atomic E-state index is -0.263. The monoisotopic (exact) mass is 306 g/mol. The van der Waals surface area contributed by atoms with Gasteiger partial charge in [0.2, 0.25) is 0 Å². The van der Waals surface area contributed by atoms with E-state index < -0.39 is 0 Å². The van der Waals surface area contributed by atoms with Gasteiger partial charge in [-0.1, -0.05) is 37.3 Å². The fraction of sp³-hybridized carbons (Fsp3) is 0.357. The Morgan fingerprint density at radius 3 is 2.90 bits per heavy atom. The highest BCUT2D eigenvalue weighted by molar-refractivity contribution is 7.71. The molecular formula is C14H18N4O2S. The van der Waals surface area contributed by atoms with Crippen LogP contribution in [0.3, 0.4) is 0 Å². The Labute approximate surface area is 128 Å². The molecule has 0 unspecified atom stereocenters. The summed E-state index contributed by atoms with van der Waals surface area (Å²) in [5, 5.41) is 6.82. The molecule has 0 bridgehead atoms. The first kappa shape index (κ1) is 15.4. The minimum Gasteiger partial charge on any atom is -0.295 e. The molecular weight excluding hydrogens is 288 g/mol. The van der Waals surface area contributed by atoms with Crippen LogP contribution in [0.4, 0.5) is 0 Å². The molecule has 2 aromatic rings. The first-order valence-electron chi connectivity index (χ1n) is 6.79. The molecule has 2 N–H and O–H groups in total. The van der Waals surface area contributed by atoms with Gasteiger partial charge >= 0.3 is 0 Å². The molecule has 112 valence electrons. The number of nitrogens with zero attached hydrogens (tertiary/aromatic N) is 2.